The van der Waals surface area contributed by atoms with Gasteiger partial charge in [-0.25, -0.2) is 5.48 Å². The Bertz CT molecular complexity index is 632. The molecule has 0 aliphatic carbocycles. The number of hydrogen-bond acceptors (Lipinski definition) is 5. The summed E-state index contributed by atoms with van der Waals surface area (Å²) in [5.74, 6) is -0.818. The molecule has 1 aliphatic rings. The zero-order chi connectivity index (χ0) is 16.2. The first-order valence-corrected chi connectivity index (χ1v) is 8.42. The standard InChI is InChI=1S/C12H17ClN4O4S/c13-10-2-1-3-11(8-10)16-4-6-17(7-5-16)22(20,21)14-9-12(18)15-19/h1-3,8,14,19H,4-7,9H2,(H,15,18). The van der Waals surface area contributed by atoms with Gasteiger partial charge in [0.25, 0.3) is 16.1 Å². The van der Waals surface area contributed by atoms with Gasteiger partial charge in [-0.2, -0.15) is 17.4 Å². The SMILES string of the molecule is O=C(CNS(=O)(=O)N1CCN(c2cccc(Cl)c2)CC1)NO. The number of benzene rings is 1. The fourth-order valence-electron chi connectivity index (χ4n) is 2.15. The van der Waals surface area contributed by atoms with Crippen LogP contribution in [0.5, 0.6) is 0 Å². The Morgan fingerprint density at radius 2 is 1.95 bits per heavy atom. The van der Waals surface area contributed by atoms with E-state index in [1.54, 1.807) is 6.07 Å². The molecule has 3 N–H and O–H groups in total. The number of hydroxylamine groups is 1. The van der Waals surface area contributed by atoms with Crippen LogP contribution in [-0.2, 0) is 15.0 Å². The van der Waals surface area contributed by atoms with Crippen molar-refractivity contribution in [1.82, 2.24) is 14.5 Å². The monoisotopic (exact) mass is 348 g/mol. The van der Waals surface area contributed by atoms with E-state index in [9.17, 15) is 13.2 Å². The molecular weight excluding hydrogens is 332 g/mol. The maximum atomic E-state index is 12.0. The molecule has 0 unspecified atom stereocenters. The molecule has 1 heterocycles. The van der Waals surface area contributed by atoms with Crippen molar-refractivity contribution in [1.29, 1.82) is 0 Å². The highest BCUT2D eigenvalue weighted by atomic mass is 35.5. The fraction of sp³-hybridized carbons (Fsp3) is 0.417. The highest BCUT2D eigenvalue weighted by molar-refractivity contribution is 7.87. The number of rotatable bonds is 5. The van der Waals surface area contributed by atoms with Crippen molar-refractivity contribution in [2.24, 2.45) is 0 Å². The highest BCUT2D eigenvalue weighted by Crippen LogP contribution is 2.21. The van der Waals surface area contributed by atoms with E-state index in [4.69, 9.17) is 16.8 Å². The molecular formula is C12H17ClN4O4S. The lowest BCUT2D eigenvalue weighted by Crippen LogP contribution is -2.53. The largest absolute Gasteiger partial charge is 0.369 e. The number of nitrogens with zero attached hydrogens (tertiary/aromatic N) is 2. The number of amides is 1. The van der Waals surface area contributed by atoms with Gasteiger partial charge in [-0.05, 0) is 18.2 Å². The molecule has 0 spiro atoms. The zero-order valence-electron chi connectivity index (χ0n) is 11.7. The van der Waals surface area contributed by atoms with E-state index in [2.05, 4.69) is 4.72 Å². The molecule has 10 heteroatoms. The smallest absolute Gasteiger partial charge is 0.280 e. The first kappa shape index (κ1) is 17.0. The van der Waals surface area contributed by atoms with Crippen molar-refractivity contribution in [3.63, 3.8) is 0 Å². The van der Waals surface area contributed by atoms with E-state index in [0.717, 1.165) is 5.69 Å². The Balaban J connectivity index is 1.92. The van der Waals surface area contributed by atoms with Gasteiger partial charge in [0.05, 0.1) is 6.54 Å². The number of hydrogen-bond donors (Lipinski definition) is 3. The molecule has 0 radical (unpaired) electrons. The second-order valence-corrected chi connectivity index (χ2v) is 6.92. The molecule has 0 atom stereocenters. The Hall–Kier alpha value is -1.39. The molecule has 1 aromatic carbocycles. The van der Waals surface area contributed by atoms with E-state index in [1.807, 2.05) is 23.1 Å². The van der Waals surface area contributed by atoms with Gasteiger partial charge in [-0.3, -0.25) is 10.0 Å². The third kappa shape index (κ3) is 4.31. The lowest BCUT2D eigenvalue weighted by molar-refractivity contribution is -0.127. The lowest BCUT2D eigenvalue weighted by Gasteiger charge is -2.35. The Morgan fingerprint density at radius 1 is 1.27 bits per heavy atom. The van der Waals surface area contributed by atoms with Gasteiger partial charge in [0.2, 0.25) is 0 Å². The van der Waals surface area contributed by atoms with Crippen LogP contribution in [0.2, 0.25) is 5.02 Å². The Morgan fingerprint density at radius 3 is 2.55 bits per heavy atom. The van der Waals surface area contributed by atoms with Crippen LogP contribution in [0.1, 0.15) is 0 Å². The van der Waals surface area contributed by atoms with Crippen molar-refractivity contribution in [3.8, 4) is 0 Å². The average Bonchev–Trinajstić information content (AvgIpc) is 2.53. The van der Waals surface area contributed by atoms with E-state index in [-0.39, 0.29) is 0 Å². The minimum Gasteiger partial charge on any atom is -0.369 e. The van der Waals surface area contributed by atoms with Crippen LogP contribution < -0.4 is 15.1 Å². The minimum absolute atomic E-state index is 0.294. The molecule has 1 fully saturated rings. The van der Waals surface area contributed by atoms with Crippen molar-refractivity contribution >= 4 is 33.4 Å². The van der Waals surface area contributed by atoms with Crippen molar-refractivity contribution in [2.75, 3.05) is 37.6 Å². The van der Waals surface area contributed by atoms with Crippen LogP contribution >= 0.6 is 11.6 Å². The zero-order valence-corrected chi connectivity index (χ0v) is 13.3. The average molecular weight is 349 g/mol. The van der Waals surface area contributed by atoms with E-state index in [0.29, 0.717) is 31.2 Å². The van der Waals surface area contributed by atoms with Gasteiger partial charge < -0.3 is 4.90 Å². The number of piperazine rings is 1. The van der Waals surface area contributed by atoms with Crippen LogP contribution in [0, 0.1) is 0 Å². The maximum absolute atomic E-state index is 12.0. The molecule has 2 rings (SSSR count). The van der Waals surface area contributed by atoms with Gasteiger partial charge in [-0.15, -0.1) is 0 Å². The summed E-state index contributed by atoms with van der Waals surface area (Å²) in [5.41, 5.74) is 2.31. The summed E-state index contributed by atoms with van der Waals surface area (Å²) in [6.07, 6.45) is 0. The molecule has 122 valence electrons. The van der Waals surface area contributed by atoms with Gasteiger partial charge in [0.15, 0.2) is 0 Å². The van der Waals surface area contributed by atoms with E-state index in [1.165, 1.54) is 9.79 Å². The highest BCUT2D eigenvalue weighted by Gasteiger charge is 2.27. The summed E-state index contributed by atoms with van der Waals surface area (Å²) >= 11 is 5.95. The molecule has 22 heavy (non-hydrogen) atoms. The molecule has 0 aromatic heterocycles. The minimum atomic E-state index is -3.74. The number of anilines is 1. The normalized spacial score (nSPS) is 16.5. The fourth-order valence-corrected chi connectivity index (χ4v) is 3.47. The maximum Gasteiger partial charge on any atom is 0.280 e. The quantitative estimate of drug-likeness (QED) is 0.505. The first-order chi connectivity index (χ1) is 10.4. The second kappa shape index (κ2) is 7.25. The summed E-state index contributed by atoms with van der Waals surface area (Å²) in [6.45, 7) is 1.12. The lowest BCUT2D eigenvalue weighted by atomic mass is 10.2. The number of carbonyl (C=O) groups excluding carboxylic acids is 1. The van der Waals surface area contributed by atoms with Crippen LogP contribution in [-0.4, -0.2) is 56.6 Å². The number of carbonyl (C=O) groups is 1. The molecule has 1 amide bonds. The molecule has 1 saturated heterocycles. The first-order valence-electron chi connectivity index (χ1n) is 6.60. The Labute approximate surface area is 133 Å². The van der Waals surface area contributed by atoms with Crippen molar-refractivity contribution in [2.45, 2.75) is 0 Å². The summed E-state index contributed by atoms with van der Waals surface area (Å²) in [5, 5.41) is 8.99. The molecule has 0 saturated carbocycles. The molecule has 1 aromatic rings. The van der Waals surface area contributed by atoms with Gasteiger partial charge in [0, 0.05) is 36.9 Å². The van der Waals surface area contributed by atoms with Crippen molar-refractivity contribution in [3.05, 3.63) is 29.3 Å². The van der Waals surface area contributed by atoms with Crippen LogP contribution in [0.3, 0.4) is 0 Å². The third-order valence-corrected chi connectivity index (χ3v) is 5.08. The predicted molar refractivity (Wildman–Crippen MR) is 82.1 cm³/mol. The summed E-state index contributed by atoms with van der Waals surface area (Å²) in [4.78, 5) is 12.9. The number of nitrogens with one attached hydrogen (secondary N) is 2. The summed E-state index contributed by atoms with van der Waals surface area (Å²) in [6, 6.07) is 7.37. The summed E-state index contributed by atoms with van der Waals surface area (Å²) in [7, 11) is -3.74. The van der Waals surface area contributed by atoms with Crippen LogP contribution in [0.4, 0.5) is 5.69 Å². The molecule has 0 bridgehead atoms. The van der Waals surface area contributed by atoms with Gasteiger partial charge in [0.1, 0.15) is 0 Å². The van der Waals surface area contributed by atoms with Crippen LogP contribution in [0.25, 0.3) is 0 Å². The summed E-state index contributed by atoms with van der Waals surface area (Å²) < 4.78 is 27.4. The van der Waals surface area contributed by atoms with Crippen LogP contribution in [0.15, 0.2) is 24.3 Å². The van der Waals surface area contributed by atoms with Crippen molar-refractivity contribution < 1.29 is 18.4 Å². The van der Waals surface area contributed by atoms with Gasteiger partial charge in [-0.1, -0.05) is 17.7 Å². The number of halogens is 1. The molecule has 8 nitrogen and oxygen atoms in total. The predicted octanol–water partition coefficient (Wildman–Crippen LogP) is -0.198. The third-order valence-electron chi connectivity index (χ3n) is 3.29. The van der Waals surface area contributed by atoms with E-state index >= 15 is 0 Å². The second-order valence-electron chi connectivity index (χ2n) is 4.73. The van der Waals surface area contributed by atoms with Gasteiger partial charge >= 0.3 is 0 Å². The topological polar surface area (TPSA) is 102 Å². The Kier molecular flexibility index (Phi) is 5.59. The molecule has 1 aliphatic heterocycles. The van der Waals surface area contributed by atoms with E-state index < -0.39 is 22.7 Å².